The van der Waals surface area contributed by atoms with Gasteiger partial charge in [-0.3, -0.25) is 4.79 Å². The Morgan fingerprint density at radius 2 is 2.06 bits per heavy atom. The number of aliphatic hydroxyl groups is 1. The van der Waals surface area contributed by atoms with E-state index in [9.17, 15) is 4.79 Å². The average Bonchev–Trinajstić information content (AvgIpc) is 2.35. The highest BCUT2D eigenvalue weighted by Crippen LogP contribution is 2.12. The maximum Gasteiger partial charge on any atom is 0.248 e. The third kappa shape index (κ3) is 4.87. The number of ether oxygens (including phenoxy) is 1. The first-order valence-corrected chi connectivity index (χ1v) is 5.72. The van der Waals surface area contributed by atoms with E-state index >= 15 is 0 Å². The molecule has 1 rings (SSSR count). The lowest BCUT2D eigenvalue weighted by molar-refractivity contribution is -0.128. The number of hydrogen-bond acceptors (Lipinski definition) is 3. The molecule has 0 spiro atoms. The molecule has 4 heteroatoms. The van der Waals surface area contributed by atoms with Crippen LogP contribution < -0.4 is 10.1 Å². The molecule has 0 heterocycles. The van der Waals surface area contributed by atoms with E-state index in [0.717, 1.165) is 18.6 Å². The SMILES string of the molecule is COc1ccc(CCCNC(=O)[C@@H](C)O)cc1. The van der Waals surface area contributed by atoms with Crippen LogP contribution in [0.15, 0.2) is 24.3 Å². The first-order chi connectivity index (χ1) is 8.13. The van der Waals surface area contributed by atoms with Crippen molar-refractivity contribution >= 4 is 5.91 Å². The molecule has 0 aliphatic rings. The zero-order valence-electron chi connectivity index (χ0n) is 10.3. The minimum atomic E-state index is -0.934. The van der Waals surface area contributed by atoms with Crippen molar-refractivity contribution in [3.63, 3.8) is 0 Å². The summed E-state index contributed by atoms with van der Waals surface area (Å²) in [5.74, 6) is 0.524. The molecule has 1 aromatic rings. The highest BCUT2D eigenvalue weighted by Gasteiger charge is 2.06. The second kappa shape index (κ2) is 6.91. The smallest absolute Gasteiger partial charge is 0.248 e. The molecule has 0 aliphatic carbocycles. The summed E-state index contributed by atoms with van der Waals surface area (Å²) in [5.41, 5.74) is 1.21. The van der Waals surface area contributed by atoms with Crippen LogP contribution in [0.3, 0.4) is 0 Å². The van der Waals surface area contributed by atoms with Gasteiger partial charge in [0.1, 0.15) is 11.9 Å². The molecule has 0 radical (unpaired) electrons. The number of rotatable bonds is 6. The van der Waals surface area contributed by atoms with Crippen molar-refractivity contribution in [2.45, 2.75) is 25.9 Å². The second-order valence-electron chi connectivity index (χ2n) is 3.92. The summed E-state index contributed by atoms with van der Waals surface area (Å²) in [7, 11) is 1.64. The van der Waals surface area contributed by atoms with Gasteiger partial charge in [0, 0.05) is 6.54 Å². The summed E-state index contributed by atoms with van der Waals surface area (Å²) < 4.78 is 5.07. The van der Waals surface area contributed by atoms with Crippen LogP contribution in [0.5, 0.6) is 5.75 Å². The van der Waals surface area contributed by atoms with Gasteiger partial charge in [-0.1, -0.05) is 12.1 Å². The molecule has 1 amide bonds. The first kappa shape index (κ1) is 13.5. The summed E-state index contributed by atoms with van der Waals surface area (Å²) in [4.78, 5) is 11.1. The van der Waals surface area contributed by atoms with E-state index in [4.69, 9.17) is 9.84 Å². The zero-order valence-corrected chi connectivity index (χ0v) is 10.3. The van der Waals surface area contributed by atoms with Gasteiger partial charge in [-0.15, -0.1) is 0 Å². The maximum absolute atomic E-state index is 11.1. The maximum atomic E-state index is 11.1. The number of benzene rings is 1. The third-order valence-corrected chi connectivity index (χ3v) is 2.48. The molecule has 94 valence electrons. The fraction of sp³-hybridized carbons (Fsp3) is 0.462. The van der Waals surface area contributed by atoms with Crippen LogP contribution in [-0.4, -0.2) is 30.8 Å². The Morgan fingerprint density at radius 1 is 1.41 bits per heavy atom. The Hall–Kier alpha value is -1.55. The number of carbonyl (C=O) groups is 1. The van der Waals surface area contributed by atoms with Gasteiger partial charge in [0.25, 0.3) is 0 Å². The largest absolute Gasteiger partial charge is 0.497 e. The average molecular weight is 237 g/mol. The molecular weight excluding hydrogens is 218 g/mol. The van der Waals surface area contributed by atoms with Crippen molar-refractivity contribution in [3.05, 3.63) is 29.8 Å². The third-order valence-electron chi connectivity index (χ3n) is 2.48. The Morgan fingerprint density at radius 3 is 2.59 bits per heavy atom. The standard InChI is InChI=1S/C13H19NO3/c1-10(15)13(16)14-9-3-4-11-5-7-12(17-2)8-6-11/h5-8,10,15H,3-4,9H2,1-2H3,(H,14,16)/t10-/m1/s1. The van der Waals surface area contributed by atoms with Crippen LogP contribution in [0.25, 0.3) is 0 Å². The molecule has 0 unspecified atom stereocenters. The number of aryl methyl sites for hydroxylation is 1. The van der Waals surface area contributed by atoms with Crippen molar-refractivity contribution in [1.29, 1.82) is 0 Å². The second-order valence-corrected chi connectivity index (χ2v) is 3.92. The lowest BCUT2D eigenvalue weighted by atomic mass is 10.1. The number of methoxy groups -OCH3 is 1. The summed E-state index contributed by atoms with van der Waals surface area (Å²) in [6, 6.07) is 7.86. The monoisotopic (exact) mass is 237 g/mol. The minimum Gasteiger partial charge on any atom is -0.497 e. The van der Waals surface area contributed by atoms with Gasteiger partial charge in [0.15, 0.2) is 0 Å². The van der Waals surface area contributed by atoms with Gasteiger partial charge < -0.3 is 15.2 Å². The topological polar surface area (TPSA) is 58.6 Å². The van der Waals surface area contributed by atoms with E-state index in [0.29, 0.717) is 6.54 Å². The number of nitrogens with one attached hydrogen (secondary N) is 1. The Balaban J connectivity index is 2.24. The molecule has 4 nitrogen and oxygen atoms in total. The highest BCUT2D eigenvalue weighted by atomic mass is 16.5. The van der Waals surface area contributed by atoms with E-state index < -0.39 is 6.10 Å². The Kier molecular flexibility index (Phi) is 5.49. The van der Waals surface area contributed by atoms with E-state index in [1.165, 1.54) is 12.5 Å². The van der Waals surface area contributed by atoms with Gasteiger partial charge in [0.2, 0.25) is 5.91 Å². The van der Waals surface area contributed by atoms with E-state index in [2.05, 4.69) is 5.32 Å². The number of aliphatic hydroxyl groups excluding tert-OH is 1. The predicted octanol–water partition coefficient (Wildman–Crippen LogP) is 1.12. The van der Waals surface area contributed by atoms with Gasteiger partial charge in [0.05, 0.1) is 7.11 Å². The van der Waals surface area contributed by atoms with E-state index in [1.807, 2.05) is 24.3 Å². The molecule has 0 saturated carbocycles. The molecule has 1 atom stereocenters. The van der Waals surface area contributed by atoms with Gasteiger partial charge in [-0.25, -0.2) is 0 Å². The molecule has 17 heavy (non-hydrogen) atoms. The molecule has 2 N–H and O–H groups in total. The summed E-state index contributed by atoms with van der Waals surface area (Å²) in [6.07, 6.45) is 0.811. The molecule has 1 aromatic carbocycles. The Bertz CT molecular complexity index is 346. The number of carbonyl (C=O) groups excluding carboxylic acids is 1. The molecule has 0 aliphatic heterocycles. The first-order valence-electron chi connectivity index (χ1n) is 5.72. The van der Waals surface area contributed by atoms with Gasteiger partial charge >= 0.3 is 0 Å². The fourth-order valence-electron chi connectivity index (χ4n) is 1.44. The summed E-state index contributed by atoms with van der Waals surface area (Å²) >= 11 is 0. The van der Waals surface area contributed by atoms with Crippen LogP contribution in [-0.2, 0) is 11.2 Å². The van der Waals surface area contributed by atoms with E-state index in [1.54, 1.807) is 7.11 Å². The molecule has 0 aromatic heterocycles. The number of hydrogen-bond donors (Lipinski definition) is 2. The highest BCUT2D eigenvalue weighted by molar-refractivity contribution is 5.79. The van der Waals surface area contributed by atoms with Gasteiger partial charge in [-0.05, 0) is 37.5 Å². The minimum absolute atomic E-state index is 0.320. The van der Waals surface area contributed by atoms with Crippen molar-refractivity contribution in [2.75, 3.05) is 13.7 Å². The van der Waals surface area contributed by atoms with E-state index in [-0.39, 0.29) is 5.91 Å². The van der Waals surface area contributed by atoms with Crippen molar-refractivity contribution in [2.24, 2.45) is 0 Å². The predicted molar refractivity (Wildman–Crippen MR) is 66.0 cm³/mol. The van der Waals surface area contributed by atoms with Crippen LogP contribution in [0.4, 0.5) is 0 Å². The van der Waals surface area contributed by atoms with Gasteiger partial charge in [-0.2, -0.15) is 0 Å². The summed E-state index contributed by atoms with van der Waals surface area (Å²) in [5, 5.41) is 11.6. The number of amides is 1. The lowest BCUT2D eigenvalue weighted by Gasteiger charge is -2.07. The van der Waals surface area contributed by atoms with Crippen molar-refractivity contribution in [3.8, 4) is 5.75 Å². The van der Waals surface area contributed by atoms with Crippen molar-refractivity contribution in [1.82, 2.24) is 5.32 Å². The Labute approximate surface area is 102 Å². The normalized spacial score (nSPS) is 11.9. The molecule has 0 saturated heterocycles. The quantitative estimate of drug-likeness (QED) is 0.729. The lowest BCUT2D eigenvalue weighted by Crippen LogP contribution is -2.33. The van der Waals surface area contributed by atoms with Crippen LogP contribution in [0, 0.1) is 0 Å². The zero-order chi connectivity index (χ0) is 12.7. The van der Waals surface area contributed by atoms with Crippen LogP contribution in [0.1, 0.15) is 18.9 Å². The van der Waals surface area contributed by atoms with Crippen LogP contribution >= 0.6 is 0 Å². The molecule has 0 bridgehead atoms. The fourth-order valence-corrected chi connectivity index (χ4v) is 1.44. The molecular formula is C13H19NO3. The summed E-state index contributed by atoms with van der Waals surface area (Å²) in [6.45, 7) is 2.04. The van der Waals surface area contributed by atoms with Crippen LogP contribution in [0.2, 0.25) is 0 Å². The molecule has 0 fully saturated rings. The van der Waals surface area contributed by atoms with Crippen molar-refractivity contribution < 1.29 is 14.6 Å².